The highest BCUT2D eigenvalue weighted by Gasteiger charge is 2.38. The van der Waals surface area contributed by atoms with Crippen LogP contribution in [0.1, 0.15) is 33.6 Å². The molecule has 1 aliphatic heterocycles. The summed E-state index contributed by atoms with van der Waals surface area (Å²) >= 11 is 0. The number of hydrogen-bond acceptors (Lipinski definition) is 4. The molecule has 1 rings (SSSR count). The first-order chi connectivity index (χ1) is 9.38. The molecule has 2 amide bonds. The molecule has 0 radical (unpaired) electrons. The molecule has 20 heavy (non-hydrogen) atoms. The summed E-state index contributed by atoms with van der Waals surface area (Å²) in [6.45, 7) is 5.55. The van der Waals surface area contributed by atoms with Crippen LogP contribution < -0.4 is 0 Å². The number of ether oxygens (including phenoxy) is 1. The smallest absolute Gasteiger partial charge is 0.328 e. The van der Waals surface area contributed by atoms with E-state index in [0.29, 0.717) is 19.4 Å². The first kappa shape index (κ1) is 16.3. The van der Waals surface area contributed by atoms with Gasteiger partial charge >= 0.3 is 18.0 Å². The van der Waals surface area contributed by atoms with Gasteiger partial charge in [-0.2, -0.15) is 0 Å². The summed E-state index contributed by atoms with van der Waals surface area (Å²) in [6.07, 6.45) is 1.28. The maximum Gasteiger partial charge on any atom is 0.328 e. The molecule has 0 aliphatic carbocycles. The number of rotatable bonds is 5. The van der Waals surface area contributed by atoms with Gasteiger partial charge in [0, 0.05) is 12.6 Å². The van der Waals surface area contributed by atoms with Crippen LogP contribution in [0.4, 0.5) is 4.79 Å². The van der Waals surface area contributed by atoms with Crippen LogP contribution in [-0.4, -0.2) is 64.7 Å². The lowest BCUT2D eigenvalue weighted by atomic mass is 10.2. The largest absolute Gasteiger partial charge is 0.480 e. The number of hydrogen-bond donors (Lipinski definition) is 1. The van der Waals surface area contributed by atoms with Crippen molar-refractivity contribution in [1.29, 1.82) is 0 Å². The van der Waals surface area contributed by atoms with Crippen molar-refractivity contribution in [2.75, 3.05) is 19.7 Å². The molecule has 1 unspecified atom stereocenters. The predicted octanol–water partition coefficient (Wildman–Crippen LogP) is 0.929. The summed E-state index contributed by atoms with van der Waals surface area (Å²) in [5, 5.41) is 8.88. The Morgan fingerprint density at radius 3 is 2.55 bits per heavy atom. The fraction of sp³-hybridized carbons (Fsp3) is 0.769. The summed E-state index contributed by atoms with van der Waals surface area (Å²) in [7, 11) is 0. The van der Waals surface area contributed by atoms with E-state index >= 15 is 0 Å². The SMILES string of the molecule is CCOC(=O)C1CCCN1C(=O)N(CC(=O)O)C(C)C. The lowest BCUT2D eigenvalue weighted by molar-refractivity contribution is -0.147. The van der Waals surface area contributed by atoms with Gasteiger partial charge in [0.25, 0.3) is 0 Å². The zero-order valence-corrected chi connectivity index (χ0v) is 12.2. The maximum atomic E-state index is 12.4. The second-order valence-corrected chi connectivity index (χ2v) is 5.00. The van der Waals surface area contributed by atoms with Gasteiger partial charge in [-0.25, -0.2) is 9.59 Å². The molecular weight excluding hydrogens is 264 g/mol. The number of amides is 2. The van der Waals surface area contributed by atoms with E-state index in [2.05, 4.69) is 0 Å². The normalized spacial score (nSPS) is 18.2. The Balaban J connectivity index is 2.81. The van der Waals surface area contributed by atoms with Gasteiger partial charge in [-0.3, -0.25) is 4.79 Å². The van der Waals surface area contributed by atoms with Gasteiger partial charge in [0.2, 0.25) is 0 Å². The first-order valence-corrected chi connectivity index (χ1v) is 6.84. The standard InChI is InChI=1S/C13H22N2O5/c1-4-20-12(18)10-6-5-7-14(10)13(19)15(9(2)3)8-11(16)17/h9-10H,4-8H2,1-3H3,(H,16,17). The predicted molar refractivity (Wildman–Crippen MR) is 71.2 cm³/mol. The lowest BCUT2D eigenvalue weighted by Gasteiger charge is -2.32. The van der Waals surface area contributed by atoms with Crippen LogP contribution in [-0.2, 0) is 14.3 Å². The number of nitrogens with zero attached hydrogens (tertiary/aromatic N) is 2. The fourth-order valence-electron chi connectivity index (χ4n) is 2.26. The molecule has 1 aliphatic rings. The maximum absolute atomic E-state index is 12.4. The zero-order chi connectivity index (χ0) is 15.3. The van der Waals surface area contributed by atoms with Gasteiger partial charge < -0.3 is 19.6 Å². The Labute approximate surface area is 118 Å². The average Bonchev–Trinajstić information content (AvgIpc) is 2.84. The van der Waals surface area contributed by atoms with Crippen molar-refractivity contribution in [3.63, 3.8) is 0 Å². The molecule has 1 fully saturated rings. The fourth-order valence-corrected chi connectivity index (χ4v) is 2.26. The van der Waals surface area contributed by atoms with Gasteiger partial charge in [0.1, 0.15) is 12.6 Å². The van der Waals surface area contributed by atoms with Crippen molar-refractivity contribution in [2.45, 2.75) is 45.7 Å². The van der Waals surface area contributed by atoms with Gasteiger partial charge in [-0.1, -0.05) is 0 Å². The molecule has 1 N–H and O–H groups in total. The van der Waals surface area contributed by atoms with E-state index in [4.69, 9.17) is 9.84 Å². The van der Waals surface area contributed by atoms with Crippen LogP contribution in [0.15, 0.2) is 0 Å². The zero-order valence-electron chi connectivity index (χ0n) is 12.2. The molecular formula is C13H22N2O5. The van der Waals surface area contributed by atoms with Gasteiger partial charge in [-0.15, -0.1) is 0 Å². The van der Waals surface area contributed by atoms with Crippen LogP contribution in [0.3, 0.4) is 0 Å². The molecule has 7 heteroatoms. The van der Waals surface area contributed by atoms with Crippen LogP contribution in [0, 0.1) is 0 Å². The lowest BCUT2D eigenvalue weighted by Crippen LogP contribution is -2.52. The third-order valence-electron chi connectivity index (χ3n) is 3.23. The summed E-state index contributed by atoms with van der Waals surface area (Å²) in [5.74, 6) is -1.49. The van der Waals surface area contributed by atoms with E-state index in [9.17, 15) is 14.4 Å². The quantitative estimate of drug-likeness (QED) is 0.760. The number of aliphatic carboxylic acids is 1. The first-order valence-electron chi connectivity index (χ1n) is 6.84. The molecule has 0 bridgehead atoms. The molecule has 0 aromatic rings. The van der Waals surface area contributed by atoms with Crippen molar-refractivity contribution in [1.82, 2.24) is 9.80 Å². The van der Waals surface area contributed by atoms with Crippen molar-refractivity contribution in [2.24, 2.45) is 0 Å². The molecule has 7 nitrogen and oxygen atoms in total. The topological polar surface area (TPSA) is 87.2 Å². The summed E-state index contributed by atoms with van der Waals surface area (Å²) in [4.78, 5) is 37.8. The summed E-state index contributed by atoms with van der Waals surface area (Å²) in [5.41, 5.74) is 0. The second-order valence-electron chi connectivity index (χ2n) is 5.00. The Morgan fingerprint density at radius 2 is 2.05 bits per heavy atom. The average molecular weight is 286 g/mol. The Bertz CT molecular complexity index is 383. The highest BCUT2D eigenvalue weighted by molar-refractivity contribution is 5.86. The van der Waals surface area contributed by atoms with Crippen molar-refractivity contribution >= 4 is 18.0 Å². The van der Waals surface area contributed by atoms with Crippen molar-refractivity contribution < 1.29 is 24.2 Å². The Morgan fingerprint density at radius 1 is 1.40 bits per heavy atom. The number of carboxylic acids is 1. The molecule has 0 saturated carbocycles. The van der Waals surface area contributed by atoms with Crippen LogP contribution in [0.25, 0.3) is 0 Å². The number of carbonyl (C=O) groups excluding carboxylic acids is 2. The number of carboxylic acid groups (broad SMARTS) is 1. The minimum Gasteiger partial charge on any atom is -0.480 e. The number of esters is 1. The minimum atomic E-state index is -1.07. The van der Waals surface area contributed by atoms with Gasteiger partial charge in [0.15, 0.2) is 0 Å². The van der Waals surface area contributed by atoms with E-state index in [-0.39, 0.29) is 19.2 Å². The van der Waals surface area contributed by atoms with E-state index in [0.717, 1.165) is 0 Å². The second kappa shape index (κ2) is 7.12. The van der Waals surface area contributed by atoms with Gasteiger partial charge in [0.05, 0.1) is 6.61 Å². The van der Waals surface area contributed by atoms with E-state index in [1.807, 2.05) is 0 Å². The van der Waals surface area contributed by atoms with Crippen LogP contribution in [0.5, 0.6) is 0 Å². The van der Waals surface area contributed by atoms with Gasteiger partial charge in [-0.05, 0) is 33.6 Å². The minimum absolute atomic E-state index is 0.248. The van der Waals surface area contributed by atoms with Crippen LogP contribution in [0.2, 0.25) is 0 Å². The monoisotopic (exact) mass is 286 g/mol. The number of likely N-dealkylation sites (tertiary alicyclic amines) is 1. The summed E-state index contributed by atoms with van der Waals surface area (Å²) in [6, 6.07) is -1.27. The molecule has 0 aromatic carbocycles. The molecule has 1 saturated heterocycles. The van der Waals surface area contributed by atoms with Crippen molar-refractivity contribution in [3.8, 4) is 0 Å². The number of urea groups is 1. The highest BCUT2D eigenvalue weighted by atomic mass is 16.5. The van der Waals surface area contributed by atoms with E-state index in [1.165, 1.54) is 9.80 Å². The van der Waals surface area contributed by atoms with Crippen LogP contribution >= 0.6 is 0 Å². The molecule has 0 spiro atoms. The molecule has 1 heterocycles. The molecule has 1 atom stereocenters. The number of carbonyl (C=O) groups is 3. The van der Waals surface area contributed by atoms with E-state index < -0.39 is 24.0 Å². The molecule has 114 valence electrons. The Hall–Kier alpha value is -1.79. The summed E-state index contributed by atoms with van der Waals surface area (Å²) < 4.78 is 4.96. The Kier molecular flexibility index (Phi) is 5.79. The highest BCUT2D eigenvalue weighted by Crippen LogP contribution is 2.21. The third-order valence-corrected chi connectivity index (χ3v) is 3.23. The van der Waals surface area contributed by atoms with Crippen molar-refractivity contribution in [3.05, 3.63) is 0 Å². The third kappa shape index (κ3) is 3.85. The van der Waals surface area contributed by atoms with E-state index in [1.54, 1.807) is 20.8 Å². The molecule has 0 aromatic heterocycles.